The number of rotatable bonds is 8. The number of aromatic nitrogens is 8. The summed E-state index contributed by atoms with van der Waals surface area (Å²) in [5, 5.41) is 20.0. The first-order valence-corrected chi connectivity index (χ1v) is 10.5. The molecule has 0 unspecified atom stereocenters. The molecule has 3 heterocycles. The highest BCUT2D eigenvalue weighted by Crippen LogP contribution is 2.27. The number of hydrogen-bond donors (Lipinski definition) is 0. The van der Waals surface area contributed by atoms with Crippen molar-refractivity contribution in [1.82, 2.24) is 40.1 Å². The molecule has 0 amide bonds. The van der Waals surface area contributed by atoms with Crippen molar-refractivity contribution >= 4 is 0 Å². The molecule has 172 valence electrons. The molecular weight excluding hydrogens is 436 g/mol. The van der Waals surface area contributed by atoms with Crippen LogP contribution in [0.5, 0.6) is 11.5 Å². The summed E-state index contributed by atoms with van der Waals surface area (Å²) < 4.78 is 20.1. The van der Waals surface area contributed by atoms with E-state index in [9.17, 15) is 0 Å². The molecule has 0 radical (unpaired) electrons. The van der Waals surface area contributed by atoms with Crippen LogP contribution in [0.2, 0.25) is 0 Å². The minimum absolute atomic E-state index is 0.280. The van der Waals surface area contributed by atoms with Gasteiger partial charge in [-0.1, -0.05) is 35.5 Å². The van der Waals surface area contributed by atoms with Crippen molar-refractivity contribution in [3.05, 3.63) is 71.8 Å². The van der Waals surface area contributed by atoms with E-state index in [1.54, 1.807) is 22.7 Å². The largest absolute Gasteiger partial charge is 0.497 e. The van der Waals surface area contributed by atoms with Gasteiger partial charge < -0.3 is 14.0 Å². The molecule has 0 atom stereocenters. The molecule has 0 aliphatic rings. The lowest BCUT2D eigenvalue weighted by molar-refractivity contribution is 0.292. The number of methoxy groups -OCH3 is 1. The quantitative estimate of drug-likeness (QED) is 0.346. The summed E-state index contributed by atoms with van der Waals surface area (Å²) in [5.74, 6) is 3.07. The molecule has 5 aromatic rings. The number of aryl methyl sites for hydroxylation is 2. The molecule has 11 heteroatoms. The maximum absolute atomic E-state index is 5.95. The van der Waals surface area contributed by atoms with E-state index >= 15 is 0 Å². The standard InChI is InChI=1S/C23H22N8O3/c1-30-20(14-33-18-6-4-5-17(12-18)32-3)19(13-24-30)23-25-22(27-34-23)16-9-7-15(8-10-16)11-21-26-28-29-31(21)2/h4-10,12-13H,11,14H2,1-3H3. The zero-order valence-electron chi connectivity index (χ0n) is 18.9. The molecule has 0 aliphatic heterocycles. The molecule has 0 saturated carbocycles. The second-order valence-electron chi connectivity index (χ2n) is 7.61. The van der Waals surface area contributed by atoms with Gasteiger partial charge in [-0.3, -0.25) is 4.68 Å². The Hall–Kier alpha value is -4.54. The Labute approximate surface area is 194 Å². The highest BCUT2D eigenvalue weighted by atomic mass is 16.5. The first-order chi connectivity index (χ1) is 16.6. The van der Waals surface area contributed by atoms with Crippen LogP contribution < -0.4 is 9.47 Å². The van der Waals surface area contributed by atoms with Gasteiger partial charge in [-0.05, 0) is 28.1 Å². The third-order valence-electron chi connectivity index (χ3n) is 5.42. The molecule has 0 aliphatic carbocycles. The zero-order valence-corrected chi connectivity index (χ0v) is 18.9. The van der Waals surface area contributed by atoms with E-state index < -0.39 is 0 Å². The number of benzene rings is 2. The smallest absolute Gasteiger partial charge is 0.261 e. The Bertz CT molecular complexity index is 1400. The van der Waals surface area contributed by atoms with Gasteiger partial charge in [0.25, 0.3) is 5.89 Å². The van der Waals surface area contributed by atoms with Crippen LogP contribution in [-0.4, -0.2) is 47.2 Å². The molecule has 0 fully saturated rings. The first kappa shape index (κ1) is 21.3. The van der Waals surface area contributed by atoms with Crippen molar-refractivity contribution in [2.75, 3.05) is 7.11 Å². The Morgan fingerprint density at radius 2 is 1.82 bits per heavy atom. The van der Waals surface area contributed by atoms with E-state index in [4.69, 9.17) is 14.0 Å². The SMILES string of the molecule is COc1cccc(OCc2c(-c3nc(-c4ccc(Cc5nnnn5C)cc4)no3)cnn2C)c1. The van der Waals surface area contributed by atoms with Crippen LogP contribution in [0.1, 0.15) is 17.1 Å². The fraction of sp³-hybridized carbons (Fsp3) is 0.217. The van der Waals surface area contributed by atoms with E-state index in [0.717, 1.165) is 34.0 Å². The Kier molecular flexibility index (Phi) is 5.73. The predicted molar refractivity (Wildman–Crippen MR) is 121 cm³/mol. The third-order valence-corrected chi connectivity index (χ3v) is 5.42. The van der Waals surface area contributed by atoms with Crippen LogP contribution in [0.15, 0.2) is 59.3 Å². The van der Waals surface area contributed by atoms with Crippen LogP contribution in [0, 0.1) is 0 Å². The summed E-state index contributed by atoms with van der Waals surface area (Å²) in [5.41, 5.74) is 3.45. The topological polar surface area (TPSA) is 119 Å². The van der Waals surface area contributed by atoms with Gasteiger partial charge in [-0.15, -0.1) is 5.10 Å². The van der Waals surface area contributed by atoms with Crippen molar-refractivity contribution in [2.45, 2.75) is 13.0 Å². The number of tetrazole rings is 1. The first-order valence-electron chi connectivity index (χ1n) is 10.5. The Balaban J connectivity index is 1.32. The average molecular weight is 458 g/mol. The van der Waals surface area contributed by atoms with Crippen molar-refractivity contribution in [3.8, 4) is 34.3 Å². The van der Waals surface area contributed by atoms with Gasteiger partial charge in [0, 0.05) is 32.1 Å². The monoisotopic (exact) mass is 458 g/mol. The fourth-order valence-electron chi connectivity index (χ4n) is 3.46. The normalized spacial score (nSPS) is 11.0. The van der Waals surface area contributed by atoms with Gasteiger partial charge in [-0.2, -0.15) is 10.1 Å². The summed E-state index contributed by atoms with van der Waals surface area (Å²) in [6.07, 6.45) is 2.33. The second-order valence-corrected chi connectivity index (χ2v) is 7.61. The minimum atomic E-state index is 0.280. The molecular formula is C23H22N8O3. The lowest BCUT2D eigenvalue weighted by Gasteiger charge is -2.09. The van der Waals surface area contributed by atoms with Crippen LogP contribution in [0.25, 0.3) is 22.8 Å². The molecule has 0 N–H and O–H groups in total. The molecule has 34 heavy (non-hydrogen) atoms. The van der Waals surface area contributed by atoms with Crippen LogP contribution >= 0.6 is 0 Å². The molecule has 5 rings (SSSR count). The molecule has 2 aromatic carbocycles. The predicted octanol–water partition coefficient (Wildman–Crippen LogP) is 2.84. The maximum atomic E-state index is 5.95. The van der Waals surface area contributed by atoms with Gasteiger partial charge in [0.15, 0.2) is 5.82 Å². The molecule has 0 spiro atoms. The van der Waals surface area contributed by atoms with Crippen molar-refractivity contribution in [2.24, 2.45) is 14.1 Å². The lowest BCUT2D eigenvalue weighted by atomic mass is 10.1. The van der Waals surface area contributed by atoms with E-state index in [-0.39, 0.29) is 6.61 Å². The van der Waals surface area contributed by atoms with Crippen molar-refractivity contribution < 1.29 is 14.0 Å². The van der Waals surface area contributed by atoms with Crippen LogP contribution in [-0.2, 0) is 27.1 Å². The van der Waals surface area contributed by atoms with Gasteiger partial charge in [0.1, 0.15) is 18.1 Å². The Morgan fingerprint density at radius 3 is 2.59 bits per heavy atom. The van der Waals surface area contributed by atoms with Gasteiger partial charge in [0.2, 0.25) is 5.82 Å². The third kappa shape index (κ3) is 4.35. The highest BCUT2D eigenvalue weighted by Gasteiger charge is 2.18. The molecule has 3 aromatic heterocycles. The maximum Gasteiger partial charge on any atom is 0.261 e. The highest BCUT2D eigenvalue weighted by molar-refractivity contribution is 5.61. The molecule has 0 bridgehead atoms. The summed E-state index contributed by atoms with van der Waals surface area (Å²) in [7, 11) is 5.28. The van der Waals surface area contributed by atoms with E-state index in [2.05, 4.69) is 30.8 Å². The summed E-state index contributed by atoms with van der Waals surface area (Å²) in [4.78, 5) is 4.58. The number of ether oxygens (including phenoxy) is 2. The summed E-state index contributed by atoms with van der Waals surface area (Å²) in [6, 6.07) is 15.3. The lowest BCUT2D eigenvalue weighted by Crippen LogP contribution is -2.04. The molecule has 0 saturated heterocycles. The second kappa shape index (κ2) is 9.14. The fourth-order valence-corrected chi connectivity index (χ4v) is 3.46. The van der Waals surface area contributed by atoms with Gasteiger partial charge in [0.05, 0.1) is 24.6 Å². The molecule has 11 nitrogen and oxygen atoms in total. The number of hydrogen-bond acceptors (Lipinski definition) is 9. The van der Waals surface area contributed by atoms with E-state index in [1.807, 2.05) is 62.6 Å². The summed E-state index contributed by atoms with van der Waals surface area (Å²) >= 11 is 0. The van der Waals surface area contributed by atoms with Crippen LogP contribution in [0.3, 0.4) is 0 Å². The van der Waals surface area contributed by atoms with E-state index in [0.29, 0.717) is 23.9 Å². The van der Waals surface area contributed by atoms with E-state index in [1.165, 1.54) is 0 Å². The van der Waals surface area contributed by atoms with Crippen molar-refractivity contribution in [3.63, 3.8) is 0 Å². The summed E-state index contributed by atoms with van der Waals surface area (Å²) in [6.45, 7) is 0.280. The zero-order chi connectivity index (χ0) is 23.5. The average Bonchev–Trinajstić information content (AvgIpc) is 3.59. The number of nitrogens with zero attached hydrogens (tertiary/aromatic N) is 8. The minimum Gasteiger partial charge on any atom is -0.497 e. The van der Waals surface area contributed by atoms with Gasteiger partial charge in [-0.25, -0.2) is 4.68 Å². The van der Waals surface area contributed by atoms with Crippen molar-refractivity contribution in [1.29, 1.82) is 0 Å². The van der Waals surface area contributed by atoms with Crippen LogP contribution in [0.4, 0.5) is 0 Å². The van der Waals surface area contributed by atoms with Gasteiger partial charge >= 0.3 is 0 Å². The Morgan fingerprint density at radius 1 is 1.00 bits per heavy atom.